The van der Waals surface area contributed by atoms with E-state index in [0.717, 1.165) is 0 Å². The maximum atomic E-state index is 10.6. The minimum atomic E-state index is -1.29. The van der Waals surface area contributed by atoms with Crippen LogP contribution in [0.25, 0.3) is 0 Å². The zero-order chi connectivity index (χ0) is 16.3. The molecule has 0 aliphatic carbocycles. The monoisotopic (exact) mass is 315 g/mol. The van der Waals surface area contributed by atoms with Crippen molar-refractivity contribution in [1.82, 2.24) is 0 Å². The van der Waals surface area contributed by atoms with Crippen molar-refractivity contribution in [2.45, 2.75) is 30.7 Å². The van der Waals surface area contributed by atoms with Crippen LogP contribution >= 0.6 is 0 Å². The molecule has 1 aromatic rings. The van der Waals surface area contributed by atoms with Gasteiger partial charge in [-0.2, -0.15) is 0 Å². The van der Waals surface area contributed by atoms with Gasteiger partial charge in [-0.3, -0.25) is 10.1 Å². The van der Waals surface area contributed by atoms with Gasteiger partial charge in [-0.05, 0) is 12.1 Å². The average Bonchev–Trinajstić information content (AvgIpc) is 2.51. The van der Waals surface area contributed by atoms with E-state index in [1.807, 2.05) is 0 Å². The standard InChI is InChI=1S/C13H17NO8/c1-20-12-10(16)9(6-15)22-13(11(12)17)21-8-4-2-7(3-5-8)14(18)19/h2-5,9-13,15-17H,6H2,1H3/t9-,10-,11-,12+,13+/m1/s1. The summed E-state index contributed by atoms with van der Waals surface area (Å²) < 4.78 is 15.7. The van der Waals surface area contributed by atoms with Gasteiger partial charge < -0.3 is 29.5 Å². The number of rotatable bonds is 5. The van der Waals surface area contributed by atoms with Crippen LogP contribution in [0.15, 0.2) is 24.3 Å². The Morgan fingerprint density at radius 2 is 1.91 bits per heavy atom. The van der Waals surface area contributed by atoms with Gasteiger partial charge >= 0.3 is 0 Å². The lowest BCUT2D eigenvalue weighted by molar-refractivity contribution is -0.384. The van der Waals surface area contributed by atoms with Crippen molar-refractivity contribution in [2.24, 2.45) is 0 Å². The fourth-order valence-corrected chi connectivity index (χ4v) is 2.21. The van der Waals surface area contributed by atoms with Gasteiger partial charge in [-0.25, -0.2) is 0 Å². The van der Waals surface area contributed by atoms with E-state index in [9.17, 15) is 25.4 Å². The molecule has 0 amide bonds. The molecular weight excluding hydrogens is 298 g/mol. The SMILES string of the molecule is CO[C@@H]1[C@@H](O)[C@@H](Oc2ccc([N+](=O)[O-])cc2)O[C@H](CO)[C@H]1O. The van der Waals surface area contributed by atoms with Crippen molar-refractivity contribution in [2.75, 3.05) is 13.7 Å². The highest BCUT2D eigenvalue weighted by molar-refractivity contribution is 5.36. The molecule has 2 rings (SSSR count). The maximum absolute atomic E-state index is 10.6. The summed E-state index contributed by atoms with van der Waals surface area (Å²) in [6.07, 6.45) is -5.66. The Morgan fingerprint density at radius 1 is 1.27 bits per heavy atom. The molecule has 5 atom stereocenters. The number of aliphatic hydroxyl groups excluding tert-OH is 3. The molecule has 9 nitrogen and oxygen atoms in total. The van der Waals surface area contributed by atoms with Gasteiger partial charge in [0, 0.05) is 19.2 Å². The van der Waals surface area contributed by atoms with Crippen molar-refractivity contribution in [3.63, 3.8) is 0 Å². The number of hydrogen-bond acceptors (Lipinski definition) is 8. The first-order valence-corrected chi connectivity index (χ1v) is 6.54. The Labute approximate surface area is 125 Å². The predicted octanol–water partition coefficient (Wildman–Crippen LogP) is -0.572. The molecule has 122 valence electrons. The molecule has 0 spiro atoms. The maximum Gasteiger partial charge on any atom is 0.269 e. The first kappa shape index (κ1) is 16.6. The molecule has 22 heavy (non-hydrogen) atoms. The minimum Gasteiger partial charge on any atom is -0.462 e. The first-order valence-electron chi connectivity index (χ1n) is 6.54. The van der Waals surface area contributed by atoms with E-state index < -0.39 is 42.2 Å². The molecule has 0 aromatic heterocycles. The normalized spacial score (nSPS) is 31.7. The topological polar surface area (TPSA) is 132 Å². The van der Waals surface area contributed by atoms with E-state index in [1.54, 1.807) is 0 Å². The van der Waals surface area contributed by atoms with E-state index in [4.69, 9.17) is 14.2 Å². The van der Waals surface area contributed by atoms with Crippen molar-refractivity contribution in [3.05, 3.63) is 34.4 Å². The zero-order valence-corrected chi connectivity index (χ0v) is 11.7. The molecule has 9 heteroatoms. The van der Waals surface area contributed by atoms with Gasteiger partial charge in [0.25, 0.3) is 5.69 Å². The second-order valence-electron chi connectivity index (χ2n) is 4.78. The number of nitro groups is 1. The summed E-state index contributed by atoms with van der Waals surface area (Å²) in [4.78, 5) is 10.0. The summed E-state index contributed by atoms with van der Waals surface area (Å²) in [6, 6.07) is 5.21. The van der Waals surface area contributed by atoms with Crippen molar-refractivity contribution < 1.29 is 34.5 Å². The van der Waals surface area contributed by atoms with Crippen LogP contribution in [0.2, 0.25) is 0 Å². The number of benzene rings is 1. The highest BCUT2D eigenvalue weighted by Crippen LogP contribution is 2.26. The van der Waals surface area contributed by atoms with Crippen LogP contribution in [0.3, 0.4) is 0 Å². The van der Waals surface area contributed by atoms with Crippen LogP contribution in [0, 0.1) is 10.1 Å². The summed E-state index contributed by atoms with van der Waals surface area (Å²) in [5, 5.41) is 39.7. The second kappa shape index (κ2) is 6.99. The Kier molecular flexibility index (Phi) is 5.27. The predicted molar refractivity (Wildman–Crippen MR) is 72.3 cm³/mol. The lowest BCUT2D eigenvalue weighted by Crippen LogP contribution is -2.60. The molecular formula is C13H17NO8. The fraction of sp³-hybridized carbons (Fsp3) is 0.538. The quantitative estimate of drug-likeness (QED) is 0.486. The molecule has 0 unspecified atom stereocenters. The number of non-ortho nitro benzene ring substituents is 1. The first-order chi connectivity index (χ1) is 10.5. The number of ether oxygens (including phenoxy) is 3. The lowest BCUT2D eigenvalue weighted by Gasteiger charge is -2.41. The highest BCUT2D eigenvalue weighted by Gasteiger charge is 2.45. The molecule has 0 radical (unpaired) electrons. The molecule has 1 aromatic carbocycles. The number of nitro benzene ring substituents is 1. The Hall–Kier alpha value is -1.78. The summed E-state index contributed by atoms with van der Waals surface area (Å²) in [7, 11) is 1.31. The Bertz CT molecular complexity index is 507. The van der Waals surface area contributed by atoms with E-state index in [1.165, 1.54) is 31.4 Å². The number of methoxy groups -OCH3 is 1. The average molecular weight is 315 g/mol. The van der Waals surface area contributed by atoms with Gasteiger partial charge in [-0.15, -0.1) is 0 Å². The van der Waals surface area contributed by atoms with Crippen LogP contribution in [0.4, 0.5) is 5.69 Å². The highest BCUT2D eigenvalue weighted by atomic mass is 16.7. The lowest BCUT2D eigenvalue weighted by atomic mass is 9.99. The van der Waals surface area contributed by atoms with Gasteiger partial charge in [-0.1, -0.05) is 0 Å². The van der Waals surface area contributed by atoms with Crippen LogP contribution in [-0.4, -0.2) is 64.7 Å². The molecule has 1 fully saturated rings. The molecule has 1 aliphatic heterocycles. The summed E-state index contributed by atoms with van der Waals surface area (Å²) in [5.74, 6) is 0.234. The Balaban J connectivity index is 2.11. The zero-order valence-electron chi connectivity index (χ0n) is 11.7. The van der Waals surface area contributed by atoms with E-state index >= 15 is 0 Å². The van der Waals surface area contributed by atoms with Crippen molar-refractivity contribution in [3.8, 4) is 5.75 Å². The van der Waals surface area contributed by atoms with Gasteiger partial charge in [0.1, 0.15) is 30.2 Å². The number of hydrogen-bond donors (Lipinski definition) is 3. The third kappa shape index (κ3) is 3.34. The van der Waals surface area contributed by atoms with E-state index in [0.29, 0.717) is 0 Å². The molecule has 1 aliphatic rings. The molecule has 0 saturated carbocycles. The minimum absolute atomic E-state index is 0.101. The van der Waals surface area contributed by atoms with Gasteiger partial charge in [0.05, 0.1) is 11.5 Å². The van der Waals surface area contributed by atoms with Gasteiger partial charge in [0.15, 0.2) is 0 Å². The molecule has 1 heterocycles. The van der Waals surface area contributed by atoms with Crippen molar-refractivity contribution in [1.29, 1.82) is 0 Å². The van der Waals surface area contributed by atoms with Crippen LogP contribution < -0.4 is 4.74 Å². The van der Waals surface area contributed by atoms with Gasteiger partial charge in [0.2, 0.25) is 6.29 Å². The fourth-order valence-electron chi connectivity index (χ4n) is 2.21. The summed E-state index contributed by atoms with van der Waals surface area (Å²) >= 11 is 0. The van der Waals surface area contributed by atoms with Crippen molar-refractivity contribution >= 4 is 5.69 Å². The van der Waals surface area contributed by atoms with E-state index in [2.05, 4.69) is 0 Å². The second-order valence-corrected chi connectivity index (χ2v) is 4.78. The third-order valence-corrected chi connectivity index (χ3v) is 3.39. The number of aliphatic hydroxyl groups is 3. The third-order valence-electron chi connectivity index (χ3n) is 3.39. The number of nitrogens with zero attached hydrogens (tertiary/aromatic N) is 1. The van der Waals surface area contributed by atoms with Crippen LogP contribution in [0.1, 0.15) is 0 Å². The van der Waals surface area contributed by atoms with Crippen LogP contribution in [0.5, 0.6) is 5.75 Å². The van der Waals surface area contributed by atoms with E-state index in [-0.39, 0.29) is 11.4 Å². The molecule has 3 N–H and O–H groups in total. The summed E-state index contributed by atoms with van der Waals surface area (Å²) in [6.45, 7) is -0.478. The summed E-state index contributed by atoms with van der Waals surface area (Å²) in [5.41, 5.74) is -0.101. The smallest absolute Gasteiger partial charge is 0.269 e. The molecule has 0 bridgehead atoms. The largest absolute Gasteiger partial charge is 0.462 e. The molecule has 1 saturated heterocycles. The Morgan fingerprint density at radius 3 is 2.41 bits per heavy atom. The van der Waals surface area contributed by atoms with Crippen LogP contribution in [-0.2, 0) is 9.47 Å².